The smallest absolute Gasteiger partial charge is 0.139 e. The van der Waals surface area contributed by atoms with Crippen LogP contribution in [0.4, 0.5) is 0 Å². The van der Waals surface area contributed by atoms with E-state index in [0.717, 1.165) is 22.5 Å². The van der Waals surface area contributed by atoms with Crippen LogP contribution >= 0.6 is 0 Å². The Bertz CT molecular complexity index is 3330. The summed E-state index contributed by atoms with van der Waals surface area (Å²) in [6.45, 7) is 0. The van der Waals surface area contributed by atoms with Gasteiger partial charge in [0.05, 0.1) is 34.6 Å². The van der Waals surface area contributed by atoms with Crippen molar-refractivity contribution in [2.24, 2.45) is 0 Å². The third-order valence-electron chi connectivity index (χ3n) is 16.2. The number of benzene rings is 8. The van der Waals surface area contributed by atoms with Crippen LogP contribution in [0.1, 0.15) is 5.82 Å². The van der Waals surface area contributed by atoms with Crippen LogP contribution in [0.3, 0.4) is 0 Å². The standard InChI is InChI=1S/C47H49B15N2/c48-35-32(36(49)40(53)43(56)39(35)52)23-15-18-27-28(19-23)33(34-37(50)41(54)44(57)42(55)38(34)51)26-6-2-1-5-25(26)31(27)22-11-9-20(10-12-22)21-13-16-24(17-14-21)64-30-8-4-3-7-29(30)63-45(64)46(58,59)47(60,61)62/h1-19H,48-62H2. The van der Waals surface area contributed by atoms with Crippen molar-refractivity contribution < 1.29 is 0 Å². The maximum Gasteiger partial charge on any atom is 0.139 e. The molecule has 1 aromatic heterocycles. The molecule has 0 atom stereocenters. The highest BCUT2D eigenvalue weighted by Gasteiger charge is 2.38. The molecule has 0 unspecified atom stereocenters. The van der Waals surface area contributed by atoms with Crippen LogP contribution < -0.4 is 54.6 Å². The van der Waals surface area contributed by atoms with Crippen LogP contribution in [0, 0.1) is 0 Å². The second kappa shape index (κ2) is 16.0. The van der Waals surface area contributed by atoms with Gasteiger partial charge >= 0.3 is 0 Å². The van der Waals surface area contributed by atoms with Crippen molar-refractivity contribution >= 4 is 205 Å². The van der Waals surface area contributed by atoms with Crippen LogP contribution in [-0.2, 0) is 5.21 Å². The molecule has 0 N–H and O–H groups in total. The summed E-state index contributed by atoms with van der Waals surface area (Å²) >= 11 is 0. The second-order valence-electron chi connectivity index (χ2n) is 20.3. The van der Waals surface area contributed by atoms with Crippen molar-refractivity contribution in [2.45, 2.75) is 10.3 Å². The van der Waals surface area contributed by atoms with Gasteiger partial charge in [0, 0.05) is 5.69 Å². The van der Waals surface area contributed by atoms with E-state index in [1.54, 1.807) is 0 Å². The Kier molecular flexibility index (Phi) is 11.0. The van der Waals surface area contributed by atoms with Crippen molar-refractivity contribution in [3.63, 3.8) is 0 Å². The van der Waals surface area contributed by atoms with Crippen LogP contribution in [-0.4, -0.2) is 127 Å². The minimum absolute atomic E-state index is 0.0150. The predicted molar refractivity (Wildman–Crippen MR) is 327 cm³/mol. The number of hydrogen-bond acceptors (Lipinski definition) is 1. The zero-order valence-corrected chi connectivity index (χ0v) is 40.9. The molecular weight excluding hydrogens is 755 g/mol. The predicted octanol–water partition coefficient (Wildman–Crippen LogP) is -10.0. The zero-order valence-electron chi connectivity index (χ0n) is 40.9. The van der Waals surface area contributed by atoms with Crippen molar-refractivity contribution in [2.75, 3.05) is 0 Å². The van der Waals surface area contributed by atoms with E-state index in [1.807, 2.05) is 0 Å². The lowest BCUT2D eigenvalue weighted by molar-refractivity contribution is 0.757. The molecule has 0 spiro atoms. The lowest BCUT2D eigenvalue weighted by Gasteiger charge is -2.39. The van der Waals surface area contributed by atoms with E-state index in [1.165, 1.54) is 121 Å². The van der Waals surface area contributed by atoms with Crippen molar-refractivity contribution in [1.29, 1.82) is 0 Å². The van der Waals surface area contributed by atoms with Gasteiger partial charge in [0.15, 0.2) is 0 Å². The van der Waals surface area contributed by atoms with E-state index >= 15 is 0 Å². The number of imidazole rings is 1. The number of fused-ring (bicyclic) bond motifs is 3. The van der Waals surface area contributed by atoms with E-state index in [9.17, 15) is 0 Å². The Morgan fingerprint density at radius 2 is 0.781 bits per heavy atom. The molecule has 0 aliphatic heterocycles. The molecule has 8 aromatic carbocycles. The average Bonchev–Trinajstić information content (AvgIpc) is 3.69. The van der Waals surface area contributed by atoms with Gasteiger partial charge < -0.3 is 0 Å². The molecular formula is C47H49B15N2. The van der Waals surface area contributed by atoms with Gasteiger partial charge in [0.25, 0.3) is 0 Å². The number of nitrogens with zero attached hydrogens (tertiary/aromatic N) is 2. The Hall–Kier alpha value is -5.28. The van der Waals surface area contributed by atoms with Crippen LogP contribution in [0.25, 0.3) is 82.8 Å². The van der Waals surface area contributed by atoms with Gasteiger partial charge in [0.1, 0.15) is 100.0 Å². The second-order valence-corrected chi connectivity index (χ2v) is 20.3. The highest BCUT2D eigenvalue weighted by Crippen LogP contribution is 2.44. The summed E-state index contributed by atoms with van der Waals surface area (Å²) in [6.07, 6.45) is 0. The summed E-state index contributed by atoms with van der Waals surface area (Å²) in [5.74, 6) is 1.09. The molecule has 0 aliphatic rings. The zero-order chi connectivity index (χ0) is 45.7. The number of para-hydroxylation sites is 2. The molecule has 1 heterocycles. The van der Waals surface area contributed by atoms with E-state index in [-0.39, 0.29) is 10.3 Å². The van der Waals surface area contributed by atoms with Crippen molar-refractivity contribution in [1.82, 2.24) is 9.55 Å². The lowest BCUT2D eigenvalue weighted by Crippen LogP contribution is -2.55. The molecule has 0 amide bonds. The molecule has 0 aliphatic carbocycles. The molecule has 17 heteroatoms. The summed E-state index contributed by atoms with van der Waals surface area (Å²) in [5.41, 5.74) is 27.3. The fourth-order valence-electron chi connectivity index (χ4n) is 10.4. The summed E-state index contributed by atoms with van der Waals surface area (Å²) in [6, 6.07) is 43.3. The van der Waals surface area contributed by atoms with E-state index in [0.29, 0.717) is 0 Å². The first-order valence-corrected chi connectivity index (χ1v) is 23.2. The van der Waals surface area contributed by atoms with E-state index in [2.05, 4.69) is 238 Å². The van der Waals surface area contributed by atoms with Crippen LogP contribution in [0.2, 0.25) is 5.11 Å². The molecule has 292 valence electrons. The van der Waals surface area contributed by atoms with Gasteiger partial charge in [-0.1, -0.05) is 107 Å². The van der Waals surface area contributed by atoms with E-state index < -0.39 is 0 Å². The molecule has 0 radical (unpaired) electrons. The topological polar surface area (TPSA) is 17.8 Å². The van der Waals surface area contributed by atoms with Crippen molar-refractivity contribution in [3.05, 3.63) is 121 Å². The van der Waals surface area contributed by atoms with Gasteiger partial charge in [-0.3, -0.25) is 4.57 Å². The largest absolute Gasteiger partial charge is 0.297 e. The molecule has 0 saturated carbocycles. The lowest BCUT2D eigenvalue weighted by atomic mass is 9.23. The van der Waals surface area contributed by atoms with Gasteiger partial charge in [-0.05, 0) is 102 Å². The van der Waals surface area contributed by atoms with Gasteiger partial charge in [-0.25, -0.2) is 4.98 Å². The van der Waals surface area contributed by atoms with Crippen molar-refractivity contribution in [3.8, 4) is 50.2 Å². The summed E-state index contributed by atoms with van der Waals surface area (Å²) in [7, 11) is 34.6. The monoisotopic (exact) mass is 807 g/mol. The quantitative estimate of drug-likeness (QED) is 0.116. The summed E-state index contributed by atoms with van der Waals surface area (Å²) in [5, 5.41) is 5.00. The fourth-order valence-corrected chi connectivity index (χ4v) is 10.4. The minimum atomic E-state index is -0.166. The third-order valence-corrected chi connectivity index (χ3v) is 16.2. The number of rotatable bonds is 7. The Morgan fingerprint density at radius 3 is 1.33 bits per heavy atom. The number of hydrogen-bond donors (Lipinski definition) is 0. The Labute approximate surface area is 393 Å². The SMILES string of the molecule is Bc1c(B)c(B)c(-c2ccc3c(-c4ccc(-c5ccc(-n6c(C(B)(B)C(B)(B)B)nc7ccccc76)cc5)cc4)c4ccccc4c(-c4c(B)c(B)c(B)c(B)c4B)c3c2)c(B)c1B. The van der Waals surface area contributed by atoms with Gasteiger partial charge in [0.2, 0.25) is 0 Å². The van der Waals surface area contributed by atoms with E-state index in [4.69, 9.17) is 4.98 Å². The Balaban J connectivity index is 1.23. The third kappa shape index (κ3) is 6.82. The van der Waals surface area contributed by atoms with Crippen LogP contribution in [0.15, 0.2) is 115 Å². The van der Waals surface area contributed by atoms with Crippen LogP contribution in [0.5, 0.6) is 0 Å². The maximum absolute atomic E-state index is 5.23. The first-order valence-electron chi connectivity index (χ1n) is 23.2. The molecule has 0 bridgehead atoms. The maximum atomic E-state index is 5.23. The molecule has 9 aromatic rings. The molecule has 64 heavy (non-hydrogen) atoms. The Morgan fingerprint density at radius 1 is 0.359 bits per heavy atom. The fraction of sp³-hybridized carbons (Fsp3) is 0.0426. The molecule has 9 rings (SSSR count). The van der Waals surface area contributed by atoms with Gasteiger partial charge in [-0.15, -0.1) is 37.9 Å². The minimum Gasteiger partial charge on any atom is -0.297 e. The average molecular weight is 804 g/mol. The molecule has 0 fully saturated rings. The highest BCUT2D eigenvalue weighted by molar-refractivity contribution is 6.70. The first-order chi connectivity index (χ1) is 30.3. The molecule has 0 saturated heterocycles. The summed E-state index contributed by atoms with van der Waals surface area (Å²) in [4.78, 5) is 5.23. The first kappa shape index (κ1) is 44.0. The summed E-state index contributed by atoms with van der Waals surface area (Å²) < 4.78 is 2.37. The highest BCUT2D eigenvalue weighted by atomic mass is 15.1. The van der Waals surface area contributed by atoms with Gasteiger partial charge in [-0.2, -0.15) is 0 Å². The normalized spacial score (nSPS) is 12.1. The number of aromatic nitrogens is 2. The molecule has 2 nitrogen and oxygen atoms in total.